The van der Waals surface area contributed by atoms with Crippen molar-refractivity contribution in [1.82, 2.24) is 5.01 Å². The molecule has 0 aromatic heterocycles. The largest absolute Gasteiger partial charge is 0.296 e. The van der Waals surface area contributed by atoms with Gasteiger partial charge in [-0.05, 0) is 16.7 Å². The van der Waals surface area contributed by atoms with Crippen LogP contribution in [0.2, 0.25) is 0 Å². The number of carbonyl (C=O) groups is 1. The Bertz CT molecular complexity index is 1070. The minimum Gasteiger partial charge on any atom is -0.296 e. The van der Waals surface area contributed by atoms with Gasteiger partial charge in [0, 0.05) is 4.48 Å². The summed E-state index contributed by atoms with van der Waals surface area (Å²) in [6.45, 7) is 0. The predicted octanol–water partition coefficient (Wildman–Crippen LogP) is 5.68. The Balaban J connectivity index is 1.84. The molecule has 1 aliphatic heterocycles. The SMILES string of the molecule is O=CC1=NN(C(c2ccccc2)(c2ccccc2)c2ccccc2)C2C=CC(Br)=CC12. The molecule has 0 N–H and O–H groups in total. The molecule has 0 fully saturated rings. The van der Waals surface area contributed by atoms with Crippen molar-refractivity contribution in [1.29, 1.82) is 0 Å². The molecule has 0 amide bonds. The highest BCUT2D eigenvalue weighted by Crippen LogP contribution is 2.47. The average molecular weight is 469 g/mol. The zero-order valence-corrected chi connectivity index (χ0v) is 18.4. The van der Waals surface area contributed by atoms with Crippen LogP contribution in [0.5, 0.6) is 0 Å². The Morgan fingerprint density at radius 3 is 1.74 bits per heavy atom. The quantitative estimate of drug-likeness (QED) is 0.356. The van der Waals surface area contributed by atoms with Gasteiger partial charge in [0.05, 0.1) is 12.0 Å². The van der Waals surface area contributed by atoms with Gasteiger partial charge in [0.2, 0.25) is 0 Å². The summed E-state index contributed by atoms with van der Waals surface area (Å²) in [5, 5.41) is 7.07. The molecule has 3 nitrogen and oxygen atoms in total. The average Bonchev–Trinajstić information content (AvgIpc) is 3.20. The summed E-state index contributed by atoms with van der Waals surface area (Å²) in [6.07, 6.45) is 7.14. The topological polar surface area (TPSA) is 32.7 Å². The smallest absolute Gasteiger partial charge is 0.166 e. The van der Waals surface area contributed by atoms with E-state index in [0.29, 0.717) is 5.71 Å². The van der Waals surface area contributed by atoms with Crippen LogP contribution in [0, 0.1) is 5.92 Å². The second-order valence-electron chi connectivity index (χ2n) is 7.72. The molecule has 0 bridgehead atoms. The first kappa shape index (κ1) is 19.7. The third-order valence-corrected chi connectivity index (χ3v) is 6.57. The van der Waals surface area contributed by atoms with E-state index in [2.05, 4.69) is 106 Å². The highest BCUT2D eigenvalue weighted by molar-refractivity contribution is 9.11. The van der Waals surface area contributed by atoms with Gasteiger partial charge in [0.1, 0.15) is 11.3 Å². The van der Waals surface area contributed by atoms with E-state index in [0.717, 1.165) is 27.5 Å². The van der Waals surface area contributed by atoms with Gasteiger partial charge in [-0.2, -0.15) is 5.10 Å². The number of rotatable bonds is 5. The summed E-state index contributed by atoms with van der Waals surface area (Å²) in [6, 6.07) is 31.2. The van der Waals surface area contributed by atoms with E-state index in [4.69, 9.17) is 5.10 Å². The maximum absolute atomic E-state index is 12.0. The van der Waals surface area contributed by atoms with Gasteiger partial charge in [-0.3, -0.25) is 9.80 Å². The van der Waals surface area contributed by atoms with E-state index in [1.54, 1.807) is 0 Å². The normalized spacial score (nSPS) is 20.1. The van der Waals surface area contributed by atoms with Crippen LogP contribution in [0.25, 0.3) is 0 Å². The zero-order chi connectivity index (χ0) is 21.3. The second-order valence-corrected chi connectivity index (χ2v) is 8.64. The predicted molar refractivity (Wildman–Crippen MR) is 128 cm³/mol. The number of carbonyl (C=O) groups excluding carboxylic acids is 1. The van der Waals surface area contributed by atoms with Crippen LogP contribution in [0.1, 0.15) is 16.7 Å². The standard InChI is InChI=1S/C27H21BrN2O/c28-23-16-17-26-24(18-23)25(19-31)29-30(26)27(20-10-4-1-5-11-20,21-12-6-2-7-13-21)22-14-8-3-9-15-22/h1-19,24,26H. The maximum Gasteiger partial charge on any atom is 0.166 e. The summed E-state index contributed by atoms with van der Waals surface area (Å²) in [5.41, 5.74) is 3.15. The summed E-state index contributed by atoms with van der Waals surface area (Å²) in [4.78, 5) is 12.0. The molecule has 3 aromatic carbocycles. The molecule has 2 aliphatic rings. The summed E-state index contributed by atoms with van der Waals surface area (Å²) >= 11 is 3.57. The fourth-order valence-electron chi connectivity index (χ4n) is 4.72. The Morgan fingerprint density at radius 2 is 1.29 bits per heavy atom. The number of nitrogens with zero attached hydrogens (tertiary/aromatic N) is 2. The van der Waals surface area contributed by atoms with Crippen molar-refractivity contribution in [3.63, 3.8) is 0 Å². The molecule has 31 heavy (non-hydrogen) atoms. The van der Waals surface area contributed by atoms with Gasteiger partial charge in [-0.15, -0.1) is 0 Å². The van der Waals surface area contributed by atoms with Gasteiger partial charge in [0.25, 0.3) is 0 Å². The van der Waals surface area contributed by atoms with E-state index >= 15 is 0 Å². The third kappa shape index (κ3) is 3.19. The lowest BCUT2D eigenvalue weighted by molar-refractivity contribution is -0.102. The van der Waals surface area contributed by atoms with Crippen molar-refractivity contribution >= 4 is 27.9 Å². The number of aldehydes is 1. The molecule has 2 atom stereocenters. The van der Waals surface area contributed by atoms with Crippen LogP contribution in [0.4, 0.5) is 0 Å². The van der Waals surface area contributed by atoms with E-state index in [1.165, 1.54) is 0 Å². The van der Waals surface area contributed by atoms with Crippen molar-refractivity contribution in [3.05, 3.63) is 130 Å². The molecule has 3 aromatic rings. The fourth-order valence-corrected chi connectivity index (χ4v) is 5.16. The summed E-state index contributed by atoms with van der Waals surface area (Å²) < 4.78 is 0.967. The molecule has 4 heteroatoms. The Labute approximate surface area is 190 Å². The number of hydrogen-bond acceptors (Lipinski definition) is 3. The molecule has 2 unspecified atom stereocenters. The monoisotopic (exact) mass is 468 g/mol. The second kappa shape index (κ2) is 8.12. The number of allylic oxidation sites excluding steroid dienone is 2. The van der Waals surface area contributed by atoms with Crippen molar-refractivity contribution in [2.24, 2.45) is 11.0 Å². The lowest BCUT2D eigenvalue weighted by atomic mass is 9.75. The number of fused-ring (bicyclic) bond motifs is 1. The molecule has 1 heterocycles. The summed E-state index contributed by atoms with van der Waals surface area (Å²) in [5.74, 6) is -0.104. The first-order valence-corrected chi connectivity index (χ1v) is 11.1. The first-order valence-electron chi connectivity index (χ1n) is 10.3. The third-order valence-electron chi connectivity index (χ3n) is 6.05. The molecule has 1 aliphatic carbocycles. The Morgan fingerprint density at radius 1 is 0.806 bits per heavy atom. The molecule has 0 radical (unpaired) electrons. The van der Waals surface area contributed by atoms with Crippen LogP contribution in [-0.4, -0.2) is 23.0 Å². The lowest BCUT2D eigenvalue weighted by Crippen LogP contribution is -2.49. The molecule has 5 rings (SSSR count). The number of hydrogen-bond donors (Lipinski definition) is 0. The van der Waals surface area contributed by atoms with Gasteiger partial charge < -0.3 is 0 Å². The van der Waals surface area contributed by atoms with E-state index < -0.39 is 5.54 Å². The molecule has 0 saturated carbocycles. The van der Waals surface area contributed by atoms with Crippen molar-refractivity contribution in [3.8, 4) is 0 Å². The van der Waals surface area contributed by atoms with E-state index in [1.807, 2.05) is 24.3 Å². The van der Waals surface area contributed by atoms with Crippen molar-refractivity contribution < 1.29 is 4.79 Å². The van der Waals surface area contributed by atoms with Gasteiger partial charge >= 0.3 is 0 Å². The Hall–Kier alpha value is -3.24. The highest BCUT2D eigenvalue weighted by Gasteiger charge is 2.50. The van der Waals surface area contributed by atoms with Crippen molar-refractivity contribution in [2.45, 2.75) is 11.6 Å². The molecule has 0 spiro atoms. The molecule has 0 saturated heterocycles. The lowest BCUT2D eigenvalue weighted by Gasteiger charge is -2.45. The Kier molecular flexibility index (Phi) is 5.16. The minimum absolute atomic E-state index is 0.0814. The minimum atomic E-state index is -0.695. The molecular formula is C27H21BrN2O. The molecule has 152 valence electrons. The van der Waals surface area contributed by atoms with Crippen LogP contribution in [-0.2, 0) is 10.3 Å². The maximum atomic E-state index is 12.0. The van der Waals surface area contributed by atoms with E-state index in [9.17, 15) is 4.79 Å². The van der Waals surface area contributed by atoms with Crippen LogP contribution >= 0.6 is 15.9 Å². The number of halogens is 1. The highest BCUT2D eigenvalue weighted by atomic mass is 79.9. The van der Waals surface area contributed by atoms with Crippen molar-refractivity contribution in [2.75, 3.05) is 0 Å². The van der Waals surface area contributed by atoms with Crippen LogP contribution in [0.15, 0.2) is 119 Å². The van der Waals surface area contributed by atoms with Crippen LogP contribution in [0.3, 0.4) is 0 Å². The summed E-state index contributed by atoms with van der Waals surface area (Å²) in [7, 11) is 0. The molecular weight excluding hydrogens is 448 g/mol. The fraction of sp³-hybridized carbons (Fsp3) is 0.111. The first-order chi connectivity index (χ1) is 15.2. The van der Waals surface area contributed by atoms with Gasteiger partial charge in [0.15, 0.2) is 6.29 Å². The van der Waals surface area contributed by atoms with Gasteiger partial charge in [-0.1, -0.05) is 125 Å². The van der Waals surface area contributed by atoms with Crippen LogP contribution < -0.4 is 0 Å². The van der Waals surface area contributed by atoms with Gasteiger partial charge in [-0.25, -0.2) is 0 Å². The number of benzene rings is 3. The number of hydrazone groups is 1. The zero-order valence-electron chi connectivity index (χ0n) is 16.8. The van der Waals surface area contributed by atoms with E-state index in [-0.39, 0.29) is 12.0 Å².